The van der Waals surface area contributed by atoms with Crippen molar-refractivity contribution in [2.24, 2.45) is 7.05 Å². The molecule has 0 amide bonds. The molecule has 0 saturated carbocycles. The molecule has 3 N–H and O–H groups in total. The normalized spacial score (nSPS) is 11.2. The minimum absolute atomic E-state index is 0.175. The molecule has 1 aromatic carbocycles. The summed E-state index contributed by atoms with van der Waals surface area (Å²) in [5, 5.41) is 14.7. The van der Waals surface area contributed by atoms with Gasteiger partial charge in [0.15, 0.2) is 0 Å². The molecular weight excluding hydrogens is 364 g/mol. The van der Waals surface area contributed by atoms with E-state index in [9.17, 15) is 0 Å². The van der Waals surface area contributed by atoms with Crippen molar-refractivity contribution in [3.63, 3.8) is 0 Å². The summed E-state index contributed by atoms with van der Waals surface area (Å²) in [4.78, 5) is 4.85. The lowest BCUT2D eigenvalue weighted by Gasteiger charge is -2.17. The molecular formula is C22H32N6O. The first kappa shape index (κ1) is 20.8. The highest BCUT2D eigenvalue weighted by Gasteiger charge is 2.23. The molecule has 0 unspecified atom stereocenters. The van der Waals surface area contributed by atoms with Gasteiger partial charge in [0.05, 0.1) is 11.7 Å². The van der Waals surface area contributed by atoms with Gasteiger partial charge in [0, 0.05) is 57.0 Å². The van der Waals surface area contributed by atoms with E-state index in [0.29, 0.717) is 0 Å². The SMILES string of the molecule is CCC(CC)Oc1cc(C)nc2c(-c3c(NC)cc(NC)cc3NC)nn(C)c12. The molecule has 0 fully saturated rings. The number of nitrogens with one attached hydrogen (secondary N) is 3. The largest absolute Gasteiger partial charge is 0.488 e. The molecule has 7 nitrogen and oxygen atoms in total. The molecule has 7 heteroatoms. The summed E-state index contributed by atoms with van der Waals surface area (Å²) in [6.45, 7) is 6.30. The maximum absolute atomic E-state index is 6.34. The van der Waals surface area contributed by atoms with Crippen molar-refractivity contribution in [1.29, 1.82) is 0 Å². The molecule has 0 aliphatic rings. The number of pyridine rings is 1. The fraction of sp³-hybridized carbons (Fsp3) is 0.455. The summed E-state index contributed by atoms with van der Waals surface area (Å²) in [5.74, 6) is 0.839. The Balaban J connectivity index is 2.29. The summed E-state index contributed by atoms with van der Waals surface area (Å²) in [7, 11) is 7.70. The summed E-state index contributed by atoms with van der Waals surface area (Å²) in [6, 6.07) is 6.16. The van der Waals surface area contributed by atoms with E-state index in [1.807, 2.05) is 45.9 Å². The molecule has 3 rings (SSSR count). The Bertz CT molecular complexity index is 981. The van der Waals surface area contributed by atoms with Crippen molar-refractivity contribution in [3.05, 3.63) is 23.9 Å². The smallest absolute Gasteiger partial charge is 0.149 e. The van der Waals surface area contributed by atoms with Crippen molar-refractivity contribution >= 4 is 28.1 Å². The van der Waals surface area contributed by atoms with Crippen molar-refractivity contribution < 1.29 is 4.74 Å². The third kappa shape index (κ3) is 3.81. The van der Waals surface area contributed by atoms with Gasteiger partial charge < -0.3 is 20.7 Å². The van der Waals surface area contributed by atoms with Crippen LogP contribution in [0, 0.1) is 6.92 Å². The number of nitrogens with zero attached hydrogens (tertiary/aromatic N) is 3. The van der Waals surface area contributed by atoms with E-state index in [1.54, 1.807) is 0 Å². The number of rotatable bonds is 8. The van der Waals surface area contributed by atoms with Gasteiger partial charge in [-0.25, -0.2) is 4.98 Å². The van der Waals surface area contributed by atoms with Gasteiger partial charge in [0.25, 0.3) is 0 Å². The monoisotopic (exact) mass is 396 g/mol. The zero-order valence-corrected chi connectivity index (χ0v) is 18.5. The quantitative estimate of drug-likeness (QED) is 0.515. The molecule has 0 aliphatic heterocycles. The first-order chi connectivity index (χ1) is 14.0. The highest BCUT2D eigenvalue weighted by Crippen LogP contribution is 2.41. The number of aryl methyl sites for hydroxylation is 2. The van der Waals surface area contributed by atoms with Gasteiger partial charge in [-0.05, 0) is 31.9 Å². The number of benzene rings is 1. The van der Waals surface area contributed by atoms with Crippen molar-refractivity contribution in [2.75, 3.05) is 37.1 Å². The minimum atomic E-state index is 0.175. The van der Waals surface area contributed by atoms with E-state index in [1.165, 1.54) is 0 Å². The Kier molecular flexibility index (Phi) is 6.15. The maximum atomic E-state index is 6.34. The maximum Gasteiger partial charge on any atom is 0.149 e. The van der Waals surface area contributed by atoms with Crippen molar-refractivity contribution in [1.82, 2.24) is 14.8 Å². The average Bonchev–Trinajstić information content (AvgIpc) is 3.06. The molecule has 0 aliphatic carbocycles. The predicted molar refractivity (Wildman–Crippen MR) is 122 cm³/mol. The highest BCUT2D eigenvalue weighted by molar-refractivity contribution is 6.01. The molecule has 3 aromatic rings. The standard InChI is InChI=1S/C22H32N6O/c1-8-15(9-2)29-18-10-13(3)26-21-20(27-28(7)22(18)21)19-16(24-5)11-14(23-4)12-17(19)25-6/h10-12,15,23-25H,8-9H2,1-7H3. The van der Waals surface area contributed by atoms with Gasteiger partial charge in [-0.15, -0.1) is 0 Å². The Hall–Kier alpha value is -2.96. The van der Waals surface area contributed by atoms with E-state index in [2.05, 4.69) is 41.9 Å². The van der Waals surface area contributed by atoms with Gasteiger partial charge in [-0.1, -0.05) is 13.8 Å². The number of hydrogen-bond donors (Lipinski definition) is 3. The lowest BCUT2D eigenvalue weighted by Crippen LogP contribution is -2.14. The van der Waals surface area contributed by atoms with Gasteiger partial charge in [-0.2, -0.15) is 5.10 Å². The van der Waals surface area contributed by atoms with Crippen LogP contribution in [0.4, 0.5) is 17.1 Å². The molecule has 0 bridgehead atoms. The molecule has 156 valence electrons. The van der Waals surface area contributed by atoms with E-state index >= 15 is 0 Å². The molecule has 0 atom stereocenters. The van der Waals surface area contributed by atoms with Gasteiger partial charge in [0.1, 0.15) is 22.5 Å². The van der Waals surface area contributed by atoms with E-state index < -0.39 is 0 Å². The van der Waals surface area contributed by atoms with Gasteiger partial charge in [-0.3, -0.25) is 4.68 Å². The number of ether oxygens (including phenoxy) is 1. The average molecular weight is 397 g/mol. The third-order valence-corrected chi connectivity index (χ3v) is 5.29. The lowest BCUT2D eigenvalue weighted by atomic mass is 10.0. The number of hydrogen-bond acceptors (Lipinski definition) is 6. The van der Waals surface area contributed by atoms with Crippen LogP contribution in [-0.2, 0) is 7.05 Å². The number of anilines is 3. The summed E-state index contributed by atoms with van der Waals surface area (Å²) < 4.78 is 8.22. The van der Waals surface area contributed by atoms with E-state index in [-0.39, 0.29) is 6.10 Å². The van der Waals surface area contributed by atoms with Gasteiger partial charge >= 0.3 is 0 Å². The highest BCUT2D eigenvalue weighted by atomic mass is 16.5. The van der Waals surface area contributed by atoms with E-state index in [0.717, 1.165) is 63.6 Å². The Labute approximate surface area is 172 Å². The fourth-order valence-corrected chi connectivity index (χ4v) is 3.69. The first-order valence-corrected chi connectivity index (χ1v) is 10.2. The van der Waals surface area contributed by atoms with Crippen LogP contribution in [0.2, 0.25) is 0 Å². The Morgan fingerprint density at radius 1 is 1.00 bits per heavy atom. The molecule has 0 radical (unpaired) electrons. The third-order valence-electron chi connectivity index (χ3n) is 5.29. The van der Waals surface area contributed by atoms with Crippen LogP contribution < -0.4 is 20.7 Å². The Morgan fingerprint density at radius 3 is 2.14 bits per heavy atom. The zero-order chi connectivity index (χ0) is 21.1. The molecule has 2 aromatic heterocycles. The molecule has 0 saturated heterocycles. The second-order valence-corrected chi connectivity index (χ2v) is 7.18. The summed E-state index contributed by atoms with van der Waals surface area (Å²) >= 11 is 0. The van der Waals surface area contributed by atoms with Crippen molar-refractivity contribution in [3.8, 4) is 17.0 Å². The summed E-state index contributed by atoms with van der Waals surface area (Å²) in [5.41, 5.74) is 7.47. The minimum Gasteiger partial charge on any atom is -0.488 e. The zero-order valence-electron chi connectivity index (χ0n) is 18.5. The van der Waals surface area contributed by atoms with Crippen molar-refractivity contribution in [2.45, 2.75) is 39.7 Å². The first-order valence-electron chi connectivity index (χ1n) is 10.2. The molecule has 0 spiro atoms. The van der Waals surface area contributed by atoms with Gasteiger partial charge in [0.2, 0.25) is 0 Å². The topological polar surface area (TPSA) is 76.0 Å². The van der Waals surface area contributed by atoms with E-state index in [4.69, 9.17) is 14.8 Å². The second kappa shape index (κ2) is 8.59. The van der Waals surface area contributed by atoms with Crippen LogP contribution in [0.1, 0.15) is 32.4 Å². The van der Waals surface area contributed by atoms with Crippen LogP contribution in [-0.4, -0.2) is 42.0 Å². The van der Waals surface area contributed by atoms with Crippen LogP contribution >= 0.6 is 0 Å². The number of fused-ring (bicyclic) bond motifs is 1. The molecule has 2 heterocycles. The summed E-state index contributed by atoms with van der Waals surface area (Å²) in [6.07, 6.45) is 2.10. The predicted octanol–water partition coefficient (Wildman–Crippen LogP) is 4.64. The van der Waals surface area contributed by atoms with Crippen LogP contribution in [0.15, 0.2) is 18.2 Å². The van der Waals surface area contributed by atoms with Crippen LogP contribution in [0.5, 0.6) is 5.75 Å². The molecule has 29 heavy (non-hydrogen) atoms. The Morgan fingerprint density at radius 2 is 1.62 bits per heavy atom. The number of aromatic nitrogens is 3. The second-order valence-electron chi connectivity index (χ2n) is 7.18. The van der Waals surface area contributed by atoms with Crippen LogP contribution in [0.3, 0.4) is 0 Å². The fourth-order valence-electron chi connectivity index (χ4n) is 3.69. The lowest BCUT2D eigenvalue weighted by molar-refractivity contribution is 0.194. The van der Waals surface area contributed by atoms with Crippen LogP contribution in [0.25, 0.3) is 22.3 Å².